The normalized spacial score (nSPS) is 11.5. The molecule has 4 heteroatoms. The summed E-state index contributed by atoms with van der Waals surface area (Å²) in [4.78, 5) is 21.4. The number of hydrogen-bond acceptors (Lipinski definition) is 3. The predicted molar refractivity (Wildman–Crippen MR) is 61.4 cm³/mol. The van der Waals surface area contributed by atoms with Gasteiger partial charge >= 0.3 is 5.97 Å². The van der Waals surface area contributed by atoms with Crippen molar-refractivity contribution < 1.29 is 14.7 Å². The maximum Gasteiger partial charge on any atom is 0.307 e. The van der Waals surface area contributed by atoms with Gasteiger partial charge in [0.1, 0.15) is 6.29 Å². The van der Waals surface area contributed by atoms with Crippen molar-refractivity contribution in [1.29, 1.82) is 5.26 Å². The number of carboxylic acid groups (broad SMARTS) is 1. The van der Waals surface area contributed by atoms with Gasteiger partial charge in [0.15, 0.2) is 0 Å². The summed E-state index contributed by atoms with van der Waals surface area (Å²) in [5, 5.41) is 17.8. The summed E-state index contributed by atoms with van der Waals surface area (Å²) in [5.74, 6) is -1.16. The van der Waals surface area contributed by atoms with E-state index in [0.29, 0.717) is 17.5 Å². The maximum atomic E-state index is 10.8. The van der Waals surface area contributed by atoms with E-state index < -0.39 is 5.97 Å². The van der Waals surface area contributed by atoms with Crippen molar-refractivity contribution in [3.63, 3.8) is 0 Å². The van der Waals surface area contributed by atoms with Crippen LogP contribution in [0.3, 0.4) is 0 Å². The van der Waals surface area contributed by atoms with Crippen LogP contribution >= 0.6 is 0 Å². The monoisotopic (exact) mass is 231 g/mol. The first kappa shape index (κ1) is 12.9. The molecule has 1 N–H and O–H groups in total. The molecule has 0 saturated heterocycles. The summed E-state index contributed by atoms with van der Waals surface area (Å²) in [7, 11) is 0. The molecule has 0 saturated carbocycles. The lowest BCUT2D eigenvalue weighted by atomic mass is 9.93. The Morgan fingerprint density at radius 3 is 2.82 bits per heavy atom. The molecule has 0 aliphatic heterocycles. The van der Waals surface area contributed by atoms with Crippen LogP contribution in [0.2, 0.25) is 0 Å². The molecule has 0 aliphatic carbocycles. The van der Waals surface area contributed by atoms with Gasteiger partial charge in [0.05, 0.1) is 18.1 Å². The van der Waals surface area contributed by atoms with Gasteiger partial charge in [-0.15, -0.1) is 0 Å². The number of aliphatic carboxylic acids is 1. The van der Waals surface area contributed by atoms with E-state index in [1.807, 2.05) is 6.07 Å². The fourth-order valence-corrected chi connectivity index (χ4v) is 1.69. The second-order valence-electron chi connectivity index (χ2n) is 3.94. The minimum absolute atomic E-state index is 0.184. The number of carbonyl (C=O) groups is 2. The summed E-state index contributed by atoms with van der Waals surface area (Å²) in [5.41, 5.74) is 1.63. The van der Waals surface area contributed by atoms with Crippen molar-refractivity contribution >= 4 is 12.3 Å². The molecule has 4 nitrogen and oxygen atoms in total. The molecule has 1 aromatic carbocycles. The molecule has 0 amide bonds. The molecule has 17 heavy (non-hydrogen) atoms. The number of aldehydes is 1. The minimum atomic E-state index is -0.979. The zero-order valence-corrected chi connectivity index (χ0v) is 9.51. The number of hydrogen-bond donors (Lipinski definition) is 1. The molecule has 0 fully saturated rings. The van der Waals surface area contributed by atoms with E-state index in [2.05, 4.69) is 0 Å². The Labute approximate surface area is 99.5 Å². The Balaban J connectivity index is 3.15. The number of carbonyl (C=O) groups excluding carboxylic acids is 1. The fourth-order valence-electron chi connectivity index (χ4n) is 1.69. The summed E-state index contributed by atoms with van der Waals surface area (Å²) < 4.78 is 0. The zero-order valence-electron chi connectivity index (χ0n) is 9.51. The Bertz CT molecular complexity index is 474. The SMILES string of the molecule is CC(C=O)Cc1cccc(C#N)c1CC(=O)O. The van der Waals surface area contributed by atoms with Crippen LogP contribution in [0.25, 0.3) is 0 Å². The average Bonchev–Trinajstić information content (AvgIpc) is 2.30. The van der Waals surface area contributed by atoms with Crippen LogP contribution < -0.4 is 0 Å². The Hall–Kier alpha value is -2.15. The van der Waals surface area contributed by atoms with Crippen molar-refractivity contribution in [1.82, 2.24) is 0 Å². The topological polar surface area (TPSA) is 78.2 Å². The van der Waals surface area contributed by atoms with Gasteiger partial charge in [0, 0.05) is 5.92 Å². The number of rotatable bonds is 5. The number of nitriles is 1. The first-order valence-corrected chi connectivity index (χ1v) is 5.26. The van der Waals surface area contributed by atoms with Gasteiger partial charge in [0.2, 0.25) is 0 Å². The molecule has 0 aromatic heterocycles. The summed E-state index contributed by atoms with van der Waals surface area (Å²) in [6.45, 7) is 1.76. The molecule has 1 aromatic rings. The molecule has 0 aliphatic rings. The van der Waals surface area contributed by atoms with Crippen LogP contribution in [0, 0.1) is 17.2 Å². The quantitative estimate of drug-likeness (QED) is 0.780. The van der Waals surface area contributed by atoms with Crippen molar-refractivity contribution in [2.75, 3.05) is 0 Å². The third-order valence-corrected chi connectivity index (χ3v) is 2.50. The molecular weight excluding hydrogens is 218 g/mol. The summed E-state index contributed by atoms with van der Waals surface area (Å²) in [6, 6.07) is 7.04. The molecule has 0 heterocycles. The molecule has 1 unspecified atom stereocenters. The lowest BCUT2D eigenvalue weighted by Crippen LogP contribution is -2.09. The average molecular weight is 231 g/mol. The van der Waals surface area contributed by atoms with Gasteiger partial charge in [-0.1, -0.05) is 19.1 Å². The lowest BCUT2D eigenvalue weighted by molar-refractivity contribution is -0.136. The highest BCUT2D eigenvalue weighted by Gasteiger charge is 2.13. The van der Waals surface area contributed by atoms with Gasteiger partial charge in [-0.25, -0.2) is 0 Å². The zero-order chi connectivity index (χ0) is 12.8. The Morgan fingerprint density at radius 2 is 2.29 bits per heavy atom. The Morgan fingerprint density at radius 1 is 1.59 bits per heavy atom. The van der Waals surface area contributed by atoms with E-state index in [-0.39, 0.29) is 12.3 Å². The first-order chi connectivity index (χ1) is 8.08. The van der Waals surface area contributed by atoms with Crippen LogP contribution in [0.15, 0.2) is 18.2 Å². The van der Waals surface area contributed by atoms with Gasteiger partial charge in [0.25, 0.3) is 0 Å². The van der Waals surface area contributed by atoms with Crippen LogP contribution in [-0.4, -0.2) is 17.4 Å². The van der Waals surface area contributed by atoms with E-state index in [0.717, 1.165) is 11.8 Å². The van der Waals surface area contributed by atoms with Crippen molar-refractivity contribution in [2.24, 2.45) is 5.92 Å². The van der Waals surface area contributed by atoms with Gasteiger partial charge in [-0.2, -0.15) is 5.26 Å². The number of nitrogens with zero attached hydrogens (tertiary/aromatic N) is 1. The molecule has 0 spiro atoms. The highest BCUT2D eigenvalue weighted by atomic mass is 16.4. The molecule has 0 bridgehead atoms. The van der Waals surface area contributed by atoms with Crippen molar-refractivity contribution in [2.45, 2.75) is 19.8 Å². The van der Waals surface area contributed by atoms with Crippen LogP contribution in [0.5, 0.6) is 0 Å². The Kier molecular flexibility index (Phi) is 4.41. The van der Waals surface area contributed by atoms with Gasteiger partial charge in [-0.3, -0.25) is 4.79 Å². The minimum Gasteiger partial charge on any atom is -0.481 e. The van der Waals surface area contributed by atoms with E-state index in [9.17, 15) is 9.59 Å². The smallest absolute Gasteiger partial charge is 0.307 e. The van der Waals surface area contributed by atoms with E-state index in [1.54, 1.807) is 25.1 Å². The largest absolute Gasteiger partial charge is 0.481 e. The molecule has 1 rings (SSSR count). The fraction of sp³-hybridized carbons (Fsp3) is 0.308. The predicted octanol–water partition coefficient (Wildman–Crippen LogP) is 1.56. The number of carboxylic acids is 1. The lowest BCUT2D eigenvalue weighted by Gasteiger charge is -2.10. The highest BCUT2D eigenvalue weighted by Crippen LogP contribution is 2.18. The van der Waals surface area contributed by atoms with Gasteiger partial charge in [-0.05, 0) is 23.6 Å². The third-order valence-electron chi connectivity index (χ3n) is 2.50. The van der Waals surface area contributed by atoms with Crippen molar-refractivity contribution in [3.8, 4) is 6.07 Å². The third kappa shape index (κ3) is 3.42. The first-order valence-electron chi connectivity index (χ1n) is 5.26. The second kappa shape index (κ2) is 5.80. The van der Waals surface area contributed by atoms with E-state index >= 15 is 0 Å². The van der Waals surface area contributed by atoms with E-state index in [4.69, 9.17) is 10.4 Å². The van der Waals surface area contributed by atoms with E-state index in [1.165, 1.54) is 0 Å². The van der Waals surface area contributed by atoms with Crippen LogP contribution in [0.4, 0.5) is 0 Å². The van der Waals surface area contributed by atoms with Gasteiger partial charge < -0.3 is 9.90 Å². The van der Waals surface area contributed by atoms with Crippen LogP contribution in [0.1, 0.15) is 23.6 Å². The van der Waals surface area contributed by atoms with Crippen molar-refractivity contribution in [3.05, 3.63) is 34.9 Å². The van der Waals surface area contributed by atoms with Crippen LogP contribution in [-0.2, 0) is 22.4 Å². The molecular formula is C13H13NO3. The highest BCUT2D eigenvalue weighted by molar-refractivity contribution is 5.72. The molecule has 88 valence electrons. The standard InChI is InChI=1S/C13H13NO3/c1-9(8-15)5-10-3-2-4-11(7-14)12(10)6-13(16)17/h2-4,8-9H,5-6H2,1H3,(H,16,17). The molecule has 1 atom stereocenters. The summed E-state index contributed by atoms with van der Waals surface area (Å²) >= 11 is 0. The number of benzene rings is 1. The maximum absolute atomic E-state index is 10.8. The molecule has 0 radical (unpaired) electrons. The summed E-state index contributed by atoms with van der Waals surface area (Å²) in [6.07, 6.45) is 1.09. The second-order valence-corrected chi connectivity index (χ2v) is 3.94.